The third-order valence-corrected chi connectivity index (χ3v) is 5.68. The number of rotatable bonds is 5. The van der Waals surface area contributed by atoms with E-state index in [1.54, 1.807) is 4.57 Å². The van der Waals surface area contributed by atoms with Crippen molar-refractivity contribution in [3.63, 3.8) is 0 Å². The molecule has 29 heavy (non-hydrogen) atoms. The predicted molar refractivity (Wildman–Crippen MR) is 108 cm³/mol. The molecule has 0 aliphatic carbocycles. The van der Waals surface area contributed by atoms with Gasteiger partial charge in [0.15, 0.2) is 0 Å². The van der Waals surface area contributed by atoms with Crippen molar-refractivity contribution >= 4 is 10.9 Å². The van der Waals surface area contributed by atoms with E-state index < -0.39 is 17.3 Å². The average molecular weight is 410 g/mol. The predicted octanol–water partition coefficient (Wildman–Crippen LogP) is 3.91. The Morgan fingerprint density at radius 1 is 1.14 bits per heavy atom. The van der Waals surface area contributed by atoms with Gasteiger partial charge in [-0.1, -0.05) is 13.3 Å². The zero-order valence-corrected chi connectivity index (χ0v) is 17.3. The van der Waals surface area contributed by atoms with Crippen molar-refractivity contribution in [2.24, 2.45) is 0 Å². The largest absolute Gasteiger partial charge is 0.416 e. The van der Waals surface area contributed by atoms with Crippen molar-refractivity contribution < 1.29 is 13.2 Å². The second-order valence-electron chi connectivity index (χ2n) is 7.75. The lowest BCUT2D eigenvalue weighted by atomic mass is 10.1. The molecule has 1 aromatic carbocycles. The number of hydrogen-bond acceptors (Lipinski definition) is 4. The monoisotopic (exact) mass is 410 g/mol. The second kappa shape index (κ2) is 8.83. The maximum absolute atomic E-state index is 13.1. The Bertz CT molecular complexity index is 909. The lowest BCUT2D eigenvalue weighted by molar-refractivity contribution is -0.137. The fourth-order valence-corrected chi connectivity index (χ4v) is 4.10. The summed E-state index contributed by atoms with van der Waals surface area (Å²) >= 11 is 0. The maximum atomic E-state index is 13.1. The molecule has 1 fully saturated rings. The normalized spacial score (nSPS) is 18.1. The van der Waals surface area contributed by atoms with Crippen LogP contribution >= 0.6 is 0 Å². The summed E-state index contributed by atoms with van der Waals surface area (Å²) in [6.07, 6.45) is -1.67. The van der Waals surface area contributed by atoms with Crippen molar-refractivity contribution in [3.8, 4) is 0 Å². The first-order valence-electron chi connectivity index (χ1n) is 10.3. The quantitative estimate of drug-likeness (QED) is 0.749. The number of likely N-dealkylation sites (N-methyl/N-ethyl adjacent to an activating group) is 1. The van der Waals surface area contributed by atoms with E-state index in [0.29, 0.717) is 17.9 Å². The van der Waals surface area contributed by atoms with Gasteiger partial charge in [0.05, 0.1) is 22.5 Å². The first kappa shape index (κ1) is 21.8. The summed E-state index contributed by atoms with van der Waals surface area (Å²) in [4.78, 5) is 22.5. The lowest BCUT2D eigenvalue weighted by Crippen LogP contribution is -2.37. The molecule has 2 heterocycles. The standard InChI is InChI=1S/C21H29F3N4O/c1-4-7-18(27-11-6-10-26(3)12-13-27)19-25-17-9-8-15(21(22,23)24)14-16(17)20(29)28(19)5-2/h8-9,14,18H,4-7,10-13H2,1-3H3. The van der Waals surface area contributed by atoms with Gasteiger partial charge in [-0.15, -0.1) is 0 Å². The molecule has 1 aliphatic heterocycles. The molecule has 5 nitrogen and oxygen atoms in total. The van der Waals surface area contributed by atoms with E-state index in [2.05, 4.69) is 23.8 Å². The van der Waals surface area contributed by atoms with Gasteiger partial charge in [0.25, 0.3) is 5.56 Å². The minimum atomic E-state index is -4.49. The zero-order chi connectivity index (χ0) is 21.2. The molecule has 0 radical (unpaired) electrons. The highest BCUT2D eigenvalue weighted by Gasteiger charge is 2.32. The Hall–Kier alpha value is -1.93. The van der Waals surface area contributed by atoms with E-state index in [-0.39, 0.29) is 11.4 Å². The average Bonchev–Trinajstić information content (AvgIpc) is 2.89. The van der Waals surface area contributed by atoms with E-state index in [4.69, 9.17) is 4.98 Å². The summed E-state index contributed by atoms with van der Waals surface area (Å²) in [6.45, 7) is 8.08. The molecule has 0 spiro atoms. The molecular weight excluding hydrogens is 381 g/mol. The molecule has 1 saturated heterocycles. The summed E-state index contributed by atoms with van der Waals surface area (Å²) in [7, 11) is 2.10. The maximum Gasteiger partial charge on any atom is 0.416 e. The van der Waals surface area contributed by atoms with Crippen LogP contribution in [0.2, 0.25) is 0 Å². The highest BCUT2D eigenvalue weighted by molar-refractivity contribution is 5.78. The van der Waals surface area contributed by atoms with Crippen LogP contribution < -0.4 is 5.56 Å². The van der Waals surface area contributed by atoms with Crippen molar-refractivity contribution in [2.75, 3.05) is 33.2 Å². The summed E-state index contributed by atoms with van der Waals surface area (Å²) < 4.78 is 40.9. The van der Waals surface area contributed by atoms with E-state index >= 15 is 0 Å². The van der Waals surface area contributed by atoms with Gasteiger partial charge in [0.1, 0.15) is 5.82 Å². The molecule has 3 rings (SSSR count). The fourth-order valence-electron chi connectivity index (χ4n) is 4.10. The Labute approximate surface area is 169 Å². The molecule has 0 saturated carbocycles. The summed E-state index contributed by atoms with van der Waals surface area (Å²) in [6, 6.07) is 3.23. The molecule has 1 atom stereocenters. The van der Waals surface area contributed by atoms with Crippen LogP contribution in [0.5, 0.6) is 0 Å². The number of aromatic nitrogens is 2. The molecular formula is C21H29F3N4O. The van der Waals surface area contributed by atoms with Crippen LogP contribution in [0.1, 0.15) is 50.5 Å². The Morgan fingerprint density at radius 3 is 2.55 bits per heavy atom. The molecule has 1 aliphatic rings. The highest BCUT2D eigenvalue weighted by atomic mass is 19.4. The fraction of sp³-hybridized carbons (Fsp3) is 0.619. The number of fused-ring (bicyclic) bond motifs is 1. The van der Waals surface area contributed by atoms with E-state index in [1.807, 2.05) is 6.92 Å². The van der Waals surface area contributed by atoms with Gasteiger partial charge < -0.3 is 4.90 Å². The number of nitrogens with zero attached hydrogens (tertiary/aromatic N) is 4. The van der Waals surface area contributed by atoms with Crippen molar-refractivity contribution in [3.05, 3.63) is 39.9 Å². The number of alkyl halides is 3. The first-order valence-corrected chi connectivity index (χ1v) is 10.3. The van der Waals surface area contributed by atoms with Gasteiger partial charge in [0.2, 0.25) is 0 Å². The van der Waals surface area contributed by atoms with E-state index in [9.17, 15) is 18.0 Å². The number of hydrogen-bond donors (Lipinski definition) is 0. The SMILES string of the molecule is CCCC(c1nc2ccc(C(F)(F)F)cc2c(=O)n1CC)N1CCCN(C)CC1. The number of benzene rings is 1. The third-order valence-electron chi connectivity index (χ3n) is 5.68. The minimum absolute atomic E-state index is 0.0224. The molecule has 160 valence electrons. The van der Waals surface area contributed by atoms with Crippen LogP contribution in [-0.2, 0) is 12.7 Å². The second-order valence-corrected chi connectivity index (χ2v) is 7.75. The van der Waals surface area contributed by atoms with Gasteiger partial charge >= 0.3 is 6.18 Å². The van der Waals surface area contributed by atoms with Crippen LogP contribution in [0.25, 0.3) is 10.9 Å². The molecule has 1 aromatic heterocycles. The third kappa shape index (κ3) is 4.64. The molecule has 0 amide bonds. The zero-order valence-electron chi connectivity index (χ0n) is 17.3. The van der Waals surface area contributed by atoms with Crippen molar-refractivity contribution in [1.29, 1.82) is 0 Å². The molecule has 8 heteroatoms. The Balaban J connectivity index is 2.11. The molecule has 0 N–H and O–H groups in total. The van der Waals surface area contributed by atoms with E-state index in [1.165, 1.54) is 6.07 Å². The topological polar surface area (TPSA) is 41.4 Å². The van der Waals surface area contributed by atoms with Crippen LogP contribution in [0.3, 0.4) is 0 Å². The van der Waals surface area contributed by atoms with Crippen molar-refractivity contribution in [2.45, 2.75) is 51.9 Å². The molecule has 1 unspecified atom stereocenters. The van der Waals surface area contributed by atoms with Gasteiger partial charge in [-0.05, 0) is 51.6 Å². The summed E-state index contributed by atoms with van der Waals surface area (Å²) in [5, 5.41) is 0.0243. The lowest BCUT2D eigenvalue weighted by Gasteiger charge is -2.31. The Kier molecular flexibility index (Phi) is 6.63. The highest BCUT2D eigenvalue weighted by Crippen LogP contribution is 2.31. The minimum Gasteiger partial charge on any atom is -0.305 e. The Morgan fingerprint density at radius 2 is 1.90 bits per heavy atom. The van der Waals surface area contributed by atoms with Crippen molar-refractivity contribution in [1.82, 2.24) is 19.4 Å². The van der Waals surface area contributed by atoms with Crippen LogP contribution in [-0.4, -0.2) is 52.6 Å². The van der Waals surface area contributed by atoms with Gasteiger partial charge in [-0.2, -0.15) is 13.2 Å². The first-order chi connectivity index (χ1) is 13.8. The van der Waals surface area contributed by atoms with Crippen LogP contribution in [0.4, 0.5) is 13.2 Å². The molecule has 2 aromatic rings. The molecule has 0 bridgehead atoms. The van der Waals surface area contributed by atoms with Crippen LogP contribution in [0, 0.1) is 0 Å². The summed E-state index contributed by atoms with van der Waals surface area (Å²) in [5.74, 6) is 0.663. The van der Waals surface area contributed by atoms with Crippen LogP contribution in [0.15, 0.2) is 23.0 Å². The summed E-state index contributed by atoms with van der Waals surface area (Å²) in [5.41, 5.74) is -0.887. The smallest absolute Gasteiger partial charge is 0.305 e. The van der Waals surface area contributed by atoms with Gasteiger partial charge in [-0.3, -0.25) is 14.3 Å². The van der Waals surface area contributed by atoms with E-state index in [0.717, 1.165) is 57.6 Å². The number of halogens is 3. The van der Waals surface area contributed by atoms with Gasteiger partial charge in [-0.25, -0.2) is 4.98 Å². The van der Waals surface area contributed by atoms with Gasteiger partial charge in [0, 0.05) is 26.2 Å².